The van der Waals surface area contributed by atoms with E-state index < -0.39 is 29.2 Å². The van der Waals surface area contributed by atoms with Gasteiger partial charge in [-0.1, -0.05) is 6.07 Å². The van der Waals surface area contributed by atoms with Gasteiger partial charge in [-0.05, 0) is 30.3 Å². The lowest BCUT2D eigenvalue weighted by molar-refractivity contribution is -0.115. The molecule has 0 saturated heterocycles. The van der Waals surface area contributed by atoms with Crippen LogP contribution < -0.4 is 10.6 Å². The van der Waals surface area contributed by atoms with E-state index in [1.165, 1.54) is 18.2 Å². The van der Waals surface area contributed by atoms with Crippen molar-refractivity contribution in [2.75, 3.05) is 17.2 Å². The second-order valence-electron chi connectivity index (χ2n) is 4.46. The third kappa shape index (κ3) is 3.97. The molecule has 0 spiro atoms. The Morgan fingerprint density at radius 1 is 1.00 bits per heavy atom. The van der Waals surface area contributed by atoms with E-state index in [4.69, 9.17) is 0 Å². The van der Waals surface area contributed by atoms with Crippen molar-refractivity contribution in [3.05, 3.63) is 59.7 Å². The Bertz CT molecular complexity index is 691. The first-order chi connectivity index (χ1) is 10.5. The number of hydrogen-bond donors (Lipinski definition) is 2. The van der Waals surface area contributed by atoms with Gasteiger partial charge in [-0.25, -0.2) is 17.6 Å². The summed E-state index contributed by atoms with van der Waals surface area (Å²) in [6.45, 7) is 0.00312. The molecule has 22 heavy (non-hydrogen) atoms. The van der Waals surface area contributed by atoms with Crippen LogP contribution >= 0.6 is 0 Å². The van der Waals surface area contributed by atoms with Crippen LogP contribution in [0.2, 0.25) is 0 Å². The van der Waals surface area contributed by atoms with E-state index in [2.05, 4.69) is 10.6 Å². The first-order valence-corrected chi connectivity index (χ1v) is 6.40. The highest BCUT2D eigenvalue weighted by molar-refractivity contribution is 5.90. The van der Waals surface area contributed by atoms with E-state index >= 15 is 0 Å². The van der Waals surface area contributed by atoms with Crippen LogP contribution in [0.4, 0.5) is 28.9 Å². The van der Waals surface area contributed by atoms with Crippen LogP contribution in [0.3, 0.4) is 0 Å². The topological polar surface area (TPSA) is 41.1 Å². The molecule has 3 nitrogen and oxygen atoms in total. The van der Waals surface area contributed by atoms with E-state index in [-0.39, 0.29) is 18.7 Å². The Morgan fingerprint density at radius 2 is 1.77 bits per heavy atom. The molecule has 0 atom stereocenters. The van der Waals surface area contributed by atoms with Crippen molar-refractivity contribution >= 4 is 17.3 Å². The molecule has 0 aliphatic carbocycles. The third-order valence-corrected chi connectivity index (χ3v) is 2.81. The average Bonchev–Trinajstić information content (AvgIpc) is 2.47. The van der Waals surface area contributed by atoms with Gasteiger partial charge in [-0.3, -0.25) is 4.79 Å². The molecule has 0 heterocycles. The molecule has 2 aromatic carbocycles. The summed E-state index contributed by atoms with van der Waals surface area (Å²) in [5, 5.41) is 4.95. The molecular formula is C15H12F4N2O. The highest BCUT2D eigenvalue weighted by Gasteiger charge is 2.13. The quantitative estimate of drug-likeness (QED) is 0.653. The van der Waals surface area contributed by atoms with Crippen molar-refractivity contribution < 1.29 is 22.4 Å². The van der Waals surface area contributed by atoms with Gasteiger partial charge < -0.3 is 10.6 Å². The summed E-state index contributed by atoms with van der Waals surface area (Å²) in [4.78, 5) is 11.6. The molecule has 7 heteroatoms. The van der Waals surface area contributed by atoms with E-state index in [9.17, 15) is 22.4 Å². The maximum absolute atomic E-state index is 13.4. The van der Waals surface area contributed by atoms with Crippen LogP contribution in [0, 0.1) is 23.3 Å². The zero-order valence-corrected chi connectivity index (χ0v) is 11.3. The molecule has 1 amide bonds. The lowest BCUT2D eigenvalue weighted by Gasteiger charge is -2.09. The zero-order chi connectivity index (χ0) is 16.1. The minimum atomic E-state index is -1.57. The fraction of sp³-hybridized carbons (Fsp3) is 0.133. The van der Waals surface area contributed by atoms with E-state index in [1.54, 1.807) is 0 Å². The van der Waals surface area contributed by atoms with Crippen molar-refractivity contribution in [2.45, 2.75) is 6.42 Å². The fourth-order valence-electron chi connectivity index (χ4n) is 1.76. The maximum atomic E-state index is 13.4. The summed E-state index contributed by atoms with van der Waals surface area (Å²) < 4.78 is 52.0. The standard InChI is InChI=1S/C15H12F4N2O/c16-9-2-1-3-10(8-9)21-13(22)6-7-20-12-5-4-11(17)14(18)15(12)19/h1-5,8,20H,6-7H2,(H,21,22). The second-order valence-corrected chi connectivity index (χ2v) is 4.46. The first kappa shape index (κ1) is 15.8. The van der Waals surface area contributed by atoms with Crippen LogP contribution in [-0.2, 0) is 4.79 Å². The molecule has 2 aromatic rings. The number of benzene rings is 2. The fourth-order valence-corrected chi connectivity index (χ4v) is 1.76. The number of carbonyl (C=O) groups is 1. The summed E-state index contributed by atoms with van der Waals surface area (Å²) in [5.74, 6) is -5.12. The van der Waals surface area contributed by atoms with Crippen LogP contribution in [-0.4, -0.2) is 12.5 Å². The molecule has 0 aliphatic heterocycles. The summed E-state index contributed by atoms with van der Waals surface area (Å²) in [6, 6.07) is 7.18. The Labute approximate surface area is 124 Å². The van der Waals surface area contributed by atoms with E-state index in [0.29, 0.717) is 5.69 Å². The van der Waals surface area contributed by atoms with Gasteiger partial charge in [-0.15, -0.1) is 0 Å². The van der Waals surface area contributed by atoms with Crippen LogP contribution in [0.15, 0.2) is 36.4 Å². The Hall–Kier alpha value is -2.57. The van der Waals surface area contributed by atoms with Gasteiger partial charge in [0, 0.05) is 18.7 Å². The first-order valence-electron chi connectivity index (χ1n) is 6.40. The van der Waals surface area contributed by atoms with Gasteiger partial charge in [-0.2, -0.15) is 0 Å². The molecular weight excluding hydrogens is 300 g/mol. The van der Waals surface area contributed by atoms with Gasteiger partial charge >= 0.3 is 0 Å². The minimum absolute atomic E-state index is 0.00312. The predicted octanol–water partition coefficient (Wildman–Crippen LogP) is 3.68. The lowest BCUT2D eigenvalue weighted by atomic mass is 10.2. The van der Waals surface area contributed by atoms with Gasteiger partial charge in [0.25, 0.3) is 0 Å². The molecule has 2 rings (SSSR count). The SMILES string of the molecule is O=C(CCNc1ccc(F)c(F)c1F)Nc1cccc(F)c1. The van der Waals surface area contributed by atoms with Crippen LogP contribution in [0.1, 0.15) is 6.42 Å². The monoisotopic (exact) mass is 312 g/mol. The molecule has 0 unspecified atom stereocenters. The zero-order valence-electron chi connectivity index (χ0n) is 11.3. The molecule has 2 N–H and O–H groups in total. The molecule has 0 radical (unpaired) electrons. The van der Waals surface area contributed by atoms with Crippen molar-refractivity contribution in [3.8, 4) is 0 Å². The maximum Gasteiger partial charge on any atom is 0.226 e. The van der Waals surface area contributed by atoms with Gasteiger partial charge in [0.2, 0.25) is 5.91 Å². The van der Waals surface area contributed by atoms with E-state index in [0.717, 1.165) is 18.2 Å². The van der Waals surface area contributed by atoms with Crippen molar-refractivity contribution in [2.24, 2.45) is 0 Å². The highest BCUT2D eigenvalue weighted by atomic mass is 19.2. The van der Waals surface area contributed by atoms with Gasteiger partial charge in [0.1, 0.15) is 5.82 Å². The molecule has 0 aliphatic rings. The van der Waals surface area contributed by atoms with Gasteiger partial charge in [0.05, 0.1) is 5.69 Å². The van der Waals surface area contributed by atoms with Crippen molar-refractivity contribution in [3.63, 3.8) is 0 Å². The van der Waals surface area contributed by atoms with Crippen LogP contribution in [0.5, 0.6) is 0 Å². The molecule has 0 fully saturated rings. The number of amides is 1. The molecule has 116 valence electrons. The largest absolute Gasteiger partial charge is 0.382 e. The highest BCUT2D eigenvalue weighted by Crippen LogP contribution is 2.19. The average molecular weight is 312 g/mol. The summed E-state index contributed by atoms with van der Waals surface area (Å²) in [6.07, 6.45) is -0.0606. The Kier molecular flexibility index (Phi) is 4.98. The second kappa shape index (κ2) is 6.93. The van der Waals surface area contributed by atoms with Crippen LogP contribution in [0.25, 0.3) is 0 Å². The normalized spacial score (nSPS) is 10.4. The Morgan fingerprint density at radius 3 is 2.50 bits per heavy atom. The minimum Gasteiger partial charge on any atom is -0.382 e. The molecule has 0 bridgehead atoms. The summed E-state index contributed by atoms with van der Waals surface area (Å²) >= 11 is 0. The number of carbonyl (C=O) groups excluding carboxylic acids is 1. The summed E-state index contributed by atoms with van der Waals surface area (Å²) in [5.41, 5.74) is 0.0569. The molecule has 0 aromatic heterocycles. The Balaban J connectivity index is 1.86. The number of hydrogen-bond acceptors (Lipinski definition) is 2. The molecule has 0 saturated carbocycles. The summed E-state index contributed by atoms with van der Waals surface area (Å²) in [7, 11) is 0. The lowest BCUT2D eigenvalue weighted by Crippen LogP contribution is -2.17. The van der Waals surface area contributed by atoms with E-state index in [1.807, 2.05) is 0 Å². The number of nitrogens with one attached hydrogen (secondary N) is 2. The van der Waals surface area contributed by atoms with Crippen molar-refractivity contribution in [1.29, 1.82) is 0 Å². The van der Waals surface area contributed by atoms with Crippen molar-refractivity contribution in [1.82, 2.24) is 0 Å². The number of rotatable bonds is 5. The predicted molar refractivity (Wildman–Crippen MR) is 74.5 cm³/mol. The van der Waals surface area contributed by atoms with Gasteiger partial charge in [0.15, 0.2) is 17.5 Å². The number of halogens is 4. The number of anilines is 2. The smallest absolute Gasteiger partial charge is 0.226 e. The third-order valence-electron chi connectivity index (χ3n) is 2.81.